The fraction of sp³-hybridized carbons (Fsp3) is 0.0968. The van der Waals surface area contributed by atoms with E-state index in [1.807, 2.05) is 6.07 Å². The van der Waals surface area contributed by atoms with E-state index in [1.54, 1.807) is 0 Å². The smallest absolute Gasteiger partial charge is 0.0481 e. The monoisotopic (exact) mass is 430 g/mol. The quantitative estimate of drug-likeness (QED) is 0.275. The van der Waals surface area contributed by atoms with Crippen LogP contribution < -0.4 is 9.80 Å². The summed E-state index contributed by atoms with van der Waals surface area (Å²) in [5.74, 6) is 0. The molecule has 4 rings (SSSR count). The van der Waals surface area contributed by atoms with Crippen molar-refractivity contribution in [1.29, 1.82) is 0 Å². The summed E-state index contributed by atoms with van der Waals surface area (Å²) >= 11 is 0. The fourth-order valence-corrected chi connectivity index (χ4v) is 3.70. The summed E-state index contributed by atoms with van der Waals surface area (Å²) < 4.78 is 0. The second-order valence-corrected chi connectivity index (χ2v) is 8.27. The molecule has 4 aromatic rings. The maximum absolute atomic E-state index is 2.22. The van der Waals surface area contributed by atoms with Gasteiger partial charge in [-0.05, 0) is 52.6 Å². The van der Waals surface area contributed by atoms with Crippen LogP contribution in [-0.2, 0) is 0 Å². The van der Waals surface area contributed by atoms with Crippen LogP contribution in [0.5, 0.6) is 0 Å². The van der Waals surface area contributed by atoms with Gasteiger partial charge in [0, 0.05) is 38.2 Å². The molecule has 2 nitrogen and oxygen atoms in total. The van der Waals surface area contributed by atoms with Crippen LogP contribution >= 0.6 is 0 Å². The highest BCUT2D eigenvalue weighted by Gasteiger charge is 2.06. The number of rotatable bonds is 7. The number of hydrogen-bond donors (Lipinski definition) is 0. The van der Waals surface area contributed by atoms with Gasteiger partial charge in [-0.3, -0.25) is 0 Å². The van der Waals surface area contributed by atoms with Crippen molar-refractivity contribution in [1.82, 2.24) is 0 Å². The maximum atomic E-state index is 2.22. The third kappa shape index (κ3) is 5.81. The highest BCUT2D eigenvalue weighted by molar-refractivity contribution is 5.80. The number of para-hydroxylation sites is 2. The molecule has 0 aliphatic carbocycles. The van der Waals surface area contributed by atoms with Crippen LogP contribution in [0.25, 0.3) is 24.3 Å². The molecule has 0 aliphatic rings. The summed E-state index contributed by atoms with van der Waals surface area (Å²) in [4.78, 5) is 4.33. The molecule has 0 N–H and O–H groups in total. The normalized spacial score (nSPS) is 11.2. The van der Waals surface area contributed by atoms with E-state index in [2.05, 4.69) is 152 Å². The van der Waals surface area contributed by atoms with E-state index in [0.717, 1.165) is 0 Å². The third-order valence-corrected chi connectivity index (χ3v) is 5.71. The van der Waals surface area contributed by atoms with Crippen molar-refractivity contribution in [3.8, 4) is 0 Å². The molecule has 0 bridgehead atoms. The minimum absolute atomic E-state index is 1.17. The van der Waals surface area contributed by atoms with Crippen molar-refractivity contribution in [3.63, 3.8) is 0 Å². The van der Waals surface area contributed by atoms with Gasteiger partial charge in [-0.25, -0.2) is 0 Å². The SMILES string of the molecule is CN(C)c1ccc(C=Cc2ccc(C=Cc3ccccc3N(C)c3ccccc3)cc2)cc1. The molecule has 0 aliphatic heterocycles. The van der Waals surface area contributed by atoms with Gasteiger partial charge in [0.05, 0.1) is 0 Å². The largest absolute Gasteiger partial charge is 0.378 e. The highest BCUT2D eigenvalue weighted by atomic mass is 15.1. The van der Waals surface area contributed by atoms with E-state index in [4.69, 9.17) is 0 Å². The Morgan fingerprint density at radius 1 is 0.455 bits per heavy atom. The zero-order valence-electron chi connectivity index (χ0n) is 19.5. The lowest BCUT2D eigenvalue weighted by molar-refractivity contribution is 1.13. The van der Waals surface area contributed by atoms with Gasteiger partial charge in [-0.15, -0.1) is 0 Å². The zero-order valence-corrected chi connectivity index (χ0v) is 19.5. The second-order valence-electron chi connectivity index (χ2n) is 8.27. The van der Waals surface area contributed by atoms with Gasteiger partial charge in [0.2, 0.25) is 0 Å². The predicted molar refractivity (Wildman–Crippen MR) is 146 cm³/mol. The first kappa shape index (κ1) is 22.2. The number of anilines is 3. The lowest BCUT2D eigenvalue weighted by atomic mass is 10.1. The molecule has 0 heterocycles. The van der Waals surface area contributed by atoms with Crippen LogP contribution in [0.2, 0.25) is 0 Å². The Bertz CT molecular complexity index is 1220. The molecule has 2 heteroatoms. The molecular formula is C31H30N2. The van der Waals surface area contributed by atoms with E-state index in [0.29, 0.717) is 0 Å². The Balaban J connectivity index is 1.46. The first-order chi connectivity index (χ1) is 16.1. The standard InChI is InChI=1S/C31H30N2/c1-32(2)29-23-20-27(21-24-29)18-15-25-13-16-26(17-14-25)19-22-28-9-7-8-12-31(28)33(3)30-10-5-4-6-11-30/h4-24H,1-3H3. The lowest BCUT2D eigenvalue weighted by Crippen LogP contribution is -2.10. The van der Waals surface area contributed by atoms with Crippen LogP contribution in [-0.4, -0.2) is 21.1 Å². The van der Waals surface area contributed by atoms with Gasteiger partial charge in [0.25, 0.3) is 0 Å². The molecule has 0 spiro atoms. The predicted octanol–water partition coefficient (Wildman–Crippen LogP) is 7.86. The maximum Gasteiger partial charge on any atom is 0.0481 e. The molecule has 164 valence electrons. The van der Waals surface area contributed by atoms with Gasteiger partial charge in [-0.2, -0.15) is 0 Å². The molecule has 0 fully saturated rings. The van der Waals surface area contributed by atoms with Gasteiger partial charge < -0.3 is 9.80 Å². The Kier molecular flexibility index (Phi) is 7.06. The van der Waals surface area contributed by atoms with Crippen LogP contribution in [0.4, 0.5) is 17.1 Å². The van der Waals surface area contributed by atoms with Crippen molar-refractivity contribution in [2.24, 2.45) is 0 Å². The van der Waals surface area contributed by atoms with Gasteiger partial charge in [0.1, 0.15) is 0 Å². The Morgan fingerprint density at radius 2 is 0.939 bits per heavy atom. The molecular weight excluding hydrogens is 400 g/mol. The topological polar surface area (TPSA) is 6.48 Å². The molecule has 0 aromatic heterocycles. The minimum Gasteiger partial charge on any atom is -0.378 e. The summed E-state index contributed by atoms with van der Waals surface area (Å²) in [5, 5.41) is 0. The first-order valence-corrected chi connectivity index (χ1v) is 11.2. The number of nitrogens with zero attached hydrogens (tertiary/aromatic N) is 2. The summed E-state index contributed by atoms with van der Waals surface area (Å²) in [5.41, 5.74) is 8.32. The van der Waals surface area contributed by atoms with Crippen LogP contribution in [0.15, 0.2) is 103 Å². The summed E-state index contributed by atoms with van der Waals surface area (Å²) in [6, 6.07) is 36.1. The Hall–Kier alpha value is -4.04. The van der Waals surface area contributed by atoms with Crippen molar-refractivity contribution in [2.45, 2.75) is 0 Å². The van der Waals surface area contributed by atoms with Gasteiger partial charge >= 0.3 is 0 Å². The number of benzene rings is 4. The minimum atomic E-state index is 1.17. The molecule has 0 saturated heterocycles. The van der Waals surface area contributed by atoms with E-state index in [-0.39, 0.29) is 0 Å². The van der Waals surface area contributed by atoms with E-state index in [9.17, 15) is 0 Å². The van der Waals surface area contributed by atoms with Crippen LogP contribution in [0.1, 0.15) is 22.3 Å². The van der Waals surface area contributed by atoms with Crippen LogP contribution in [0.3, 0.4) is 0 Å². The van der Waals surface area contributed by atoms with Gasteiger partial charge in [0.15, 0.2) is 0 Å². The molecule has 0 amide bonds. The molecule has 33 heavy (non-hydrogen) atoms. The third-order valence-electron chi connectivity index (χ3n) is 5.71. The molecule has 0 radical (unpaired) electrons. The van der Waals surface area contributed by atoms with Gasteiger partial charge in [-0.1, -0.05) is 97.1 Å². The molecule has 0 unspecified atom stereocenters. The number of hydrogen-bond acceptors (Lipinski definition) is 2. The first-order valence-electron chi connectivity index (χ1n) is 11.2. The summed E-state index contributed by atoms with van der Waals surface area (Å²) in [6.45, 7) is 0. The van der Waals surface area contributed by atoms with E-state index in [1.165, 1.54) is 39.3 Å². The van der Waals surface area contributed by atoms with E-state index < -0.39 is 0 Å². The molecule has 4 aromatic carbocycles. The van der Waals surface area contributed by atoms with Crippen molar-refractivity contribution in [3.05, 3.63) is 125 Å². The zero-order chi connectivity index (χ0) is 23.0. The van der Waals surface area contributed by atoms with Crippen molar-refractivity contribution >= 4 is 41.4 Å². The van der Waals surface area contributed by atoms with E-state index >= 15 is 0 Å². The van der Waals surface area contributed by atoms with Crippen molar-refractivity contribution < 1.29 is 0 Å². The second kappa shape index (κ2) is 10.5. The Labute approximate surface area is 197 Å². The molecule has 0 atom stereocenters. The Morgan fingerprint density at radius 3 is 1.52 bits per heavy atom. The molecule has 0 saturated carbocycles. The summed E-state index contributed by atoms with van der Waals surface area (Å²) in [6.07, 6.45) is 8.67. The highest BCUT2D eigenvalue weighted by Crippen LogP contribution is 2.28. The van der Waals surface area contributed by atoms with Crippen molar-refractivity contribution in [2.75, 3.05) is 30.9 Å². The summed E-state index contributed by atoms with van der Waals surface area (Å²) in [7, 11) is 6.22. The van der Waals surface area contributed by atoms with Crippen LogP contribution in [0, 0.1) is 0 Å². The lowest BCUT2D eigenvalue weighted by Gasteiger charge is -2.21. The fourth-order valence-electron chi connectivity index (χ4n) is 3.70. The average molecular weight is 431 g/mol. The average Bonchev–Trinajstić information content (AvgIpc) is 2.87.